The van der Waals surface area contributed by atoms with Crippen LogP contribution in [0.25, 0.3) is 0 Å². The van der Waals surface area contributed by atoms with E-state index >= 15 is 0 Å². The summed E-state index contributed by atoms with van der Waals surface area (Å²) in [7, 11) is 0. The Morgan fingerprint density at radius 1 is 1.38 bits per heavy atom. The summed E-state index contributed by atoms with van der Waals surface area (Å²) >= 11 is 9.66. The van der Waals surface area contributed by atoms with E-state index in [0.29, 0.717) is 6.61 Å². The molecule has 1 aromatic rings. The summed E-state index contributed by atoms with van der Waals surface area (Å²) in [4.78, 5) is 0. The molecule has 0 aliphatic rings. The molecule has 0 aliphatic heterocycles. The van der Waals surface area contributed by atoms with Gasteiger partial charge in [-0.1, -0.05) is 27.5 Å². The maximum absolute atomic E-state index is 6.20. The molecule has 0 spiro atoms. The van der Waals surface area contributed by atoms with Crippen molar-refractivity contribution in [3.05, 3.63) is 27.8 Å². The van der Waals surface area contributed by atoms with Gasteiger partial charge in [0.25, 0.3) is 0 Å². The molecule has 0 fully saturated rings. The molecule has 0 aromatic heterocycles. The van der Waals surface area contributed by atoms with Gasteiger partial charge in [-0.2, -0.15) is 0 Å². The summed E-state index contributed by atoms with van der Waals surface area (Å²) in [5, 5.41) is 1.84. The zero-order chi connectivity index (χ0) is 12.1. The second kappa shape index (κ2) is 6.51. The molecule has 0 saturated heterocycles. The van der Waals surface area contributed by atoms with Gasteiger partial charge in [0.05, 0.1) is 6.61 Å². The number of benzene rings is 1. The molecule has 1 aromatic carbocycles. The molecule has 0 bridgehead atoms. The lowest BCUT2D eigenvalue weighted by molar-refractivity contribution is 0.333. The molecule has 0 unspecified atom stereocenters. The Labute approximate surface area is 111 Å². The highest BCUT2D eigenvalue weighted by Gasteiger charge is 2.13. The minimum Gasteiger partial charge on any atom is -0.493 e. The van der Waals surface area contributed by atoms with Gasteiger partial charge in [-0.25, -0.2) is 0 Å². The van der Waals surface area contributed by atoms with Gasteiger partial charge in [0.15, 0.2) is 0 Å². The van der Waals surface area contributed by atoms with Gasteiger partial charge in [0.1, 0.15) is 5.75 Å². The number of rotatable bonds is 5. The van der Waals surface area contributed by atoms with Gasteiger partial charge < -0.3 is 4.74 Å². The molecule has 1 nitrogen and oxygen atoms in total. The first-order valence-corrected chi connectivity index (χ1v) is 7.09. The predicted molar refractivity (Wildman–Crippen MR) is 74.2 cm³/mol. The number of aryl methyl sites for hydroxylation is 1. The van der Waals surface area contributed by atoms with Crippen molar-refractivity contribution >= 4 is 27.5 Å². The van der Waals surface area contributed by atoms with Crippen LogP contribution in [-0.2, 0) is 6.42 Å². The fourth-order valence-electron chi connectivity index (χ4n) is 1.81. The third kappa shape index (κ3) is 3.14. The van der Waals surface area contributed by atoms with Crippen LogP contribution in [0.1, 0.15) is 30.0 Å². The Morgan fingerprint density at radius 2 is 2.06 bits per heavy atom. The summed E-state index contributed by atoms with van der Waals surface area (Å²) < 4.78 is 5.73. The molecular weight excluding hydrogens is 287 g/mol. The van der Waals surface area contributed by atoms with E-state index in [1.54, 1.807) is 0 Å². The highest BCUT2D eigenvalue weighted by Crippen LogP contribution is 2.33. The summed E-state index contributed by atoms with van der Waals surface area (Å²) in [6, 6.07) is 1.99. The highest BCUT2D eigenvalue weighted by molar-refractivity contribution is 9.09. The molecule has 0 saturated carbocycles. The maximum Gasteiger partial charge on any atom is 0.125 e. The van der Waals surface area contributed by atoms with Crippen LogP contribution >= 0.6 is 27.5 Å². The molecule has 0 heterocycles. The van der Waals surface area contributed by atoms with E-state index in [9.17, 15) is 0 Å². The number of hydrogen-bond acceptors (Lipinski definition) is 1. The topological polar surface area (TPSA) is 9.23 Å². The van der Waals surface area contributed by atoms with E-state index in [4.69, 9.17) is 16.3 Å². The molecule has 0 radical (unpaired) electrons. The van der Waals surface area contributed by atoms with Crippen molar-refractivity contribution in [3.8, 4) is 5.75 Å². The summed E-state index contributed by atoms with van der Waals surface area (Å²) in [6.07, 6.45) is 2.11. The highest BCUT2D eigenvalue weighted by atomic mass is 79.9. The minimum atomic E-state index is 0.698. The molecule has 0 atom stereocenters. The van der Waals surface area contributed by atoms with Gasteiger partial charge in [-0.15, -0.1) is 0 Å². The van der Waals surface area contributed by atoms with Crippen molar-refractivity contribution in [2.75, 3.05) is 11.9 Å². The molecular formula is C13H18BrClO. The van der Waals surface area contributed by atoms with E-state index in [1.165, 1.54) is 5.56 Å². The number of alkyl halides is 1. The number of ether oxygens (including phenoxy) is 1. The van der Waals surface area contributed by atoms with Crippen LogP contribution in [0.2, 0.25) is 5.02 Å². The first-order valence-electron chi connectivity index (χ1n) is 5.59. The van der Waals surface area contributed by atoms with Crippen LogP contribution in [0, 0.1) is 13.8 Å². The van der Waals surface area contributed by atoms with Crippen LogP contribution in [0.5, 0.6) is 5.75 Å². The second-order valence-electron chi connectivity index (χ2n) is 3.83. The van der Waals surface area contributed by atoms with Crippen LogP contribution in [0.4, 0.5) is 0 Å². The smallest absolute Gasteiger partial charge is 0.125 e. The number of hydrogen-bond donors (Lipinski definition) is 0. The first kappa shape index (κ1) is 13.9. The molecule has 0 N–H and O–H groups in total. The monoisotopic (exact) mass is 304 g/mol. The van der Waals surface area contributed by atoms with Crippen molar-refractivity contribution in [1.29, 1.82) is 0 Å². The lowest BCUT2D eigenvalue weighted by atomic mass is 10.00. The third-order valence-corrected chi connectivity index (χ3v) is 3.59. The zero-order valence-corrected chi connectivity index (χ0v) is 12.4. The average molecular weight is 306 g/mol. The summed E-state index contributed by atoms with van der Waals surface area (Å²) in [6.45, 7) is 6.82. The molecule has 0 amide bonds. The van der Waals surface area contributed by atoms with Gasteiger partial charge in [-0.05, 0) is 56.4 Å². The van der Waals surface area contributed by atoms with Crippen molar-refractivity contribution < 1.29 is 4.74 Å². The van der Waals surface area contributed by atoms with E-state index in [1.807, 2.05) is 19.9 Å². The fraction of sp³-hybridized carbons (Fsp3) is 0.538. The van der Waals surface area contributed by atoms with E-state index in [-0.39, 0.29) is 0 Å². The lowest BCUT2D eigenvalue weighted by Crippen LogP contribution is -2.02. The van der Waals surface area contributed by atoms with Gasteiger partial charge in [0, 0.05) is 10.4 Å². The van der Waals surface area contributed by atoms with Gasteiger partial charge >= 0.3 is 0 Å². The molecule has 90 valence electrons. The zero-order valence-electron chi connectivity index (χ0n) is 10.1. The Balaban J connectivity index is 3.16. The Hall–Kier alpha value is -0.210. The fourth-order valence-corrected chi connectivity index (χ4v) is 2.36. The lowest BCUT2D eigenvalue weighted by Gasteiger charge is -2.16. The normalized spacial score (nSPS) is 10.6. The van der Waals surface area contributed by atoms with E-state index in [2.05, 4.69) is 22.9 Å². The second-order valence-corrected chi connectivity index (χ2v) is 5.03. The maximum atomic E-state index is 6.20. The molecule has 16 heavy (non-hydrogen) atoms. The van der Waals surface area contributed by atoms with Crippen molar-refractivity contribution in [2.24, 2.45) is 0 Å². The van der Waals surface area contributed by atoms with Crippen molar-refractivity contribution in [1.82, 2.24) is 0 Å². The predicted octanol–water partition coefficient (Wildman–Crippen LogP) is 4.68. The van der Waals surface area contributed by atoms with E-state index in [0.717, 1.165) is 40.1 Å². The van der Waals surface area contributed by atoms with Crippen LogP contribution in [0.15, 0.2) is 6.07 Å². The first-order chi connectivity index (χ1) is 7.61. The largest absolute Gasteiger partial charge is 0.493 e. The standard InChI is InChI=1S/C13H18BrClO/c1-4-16-13-9(2)8-12(15)10(3)11(13)6-5-7-14/h8H,4-7H2,1-3H3. The Bertz CT molecular complexity index is 363. The average Bonchev–Trinajstić information content (AvgIpc) is 2.25. The van der Waals surface area contributed by atoms with E-state index < -0.39 is 0 Å². The molecule has 3 heteroatoms. The van der Waals surface area contributed by atoms with Crippen LogP contribution in [0.3, 0.4) is 0 Å². The minimum absolute atomic E-state index is 0.698. The van der Waals surface area contributed by atoms with Gasteiger partial charge in [0.2, 0.25) is 0 Å². The number of halogens is 2. The van der Waals surface area contributed by atoms with Crippen LogP contribution < -0.4 is 4.74 Å². The Kier molecular flexibility index (Phi) is 5.63. The van der Waals surface area contributed by atoms with Crippen molar-refractivity contribution in [3.63, 3.8) is 0 Å². The van der Waals surface area contributed by atoms with Crippen molar-refractivity contribution in [2.45, 2.75) is 33.6 Å². The SMILES string of the molecule is CCOc1c(C)cc(Cl)c(C)c1CCCBr. The molecule has 0 aliphatic carbocycles. The van der Waals surface area contributed by atoms with Gasteiger partial charge in [-0.3, -0.25) is 0 Å². The summed E-state index contributed by atoms with van der Waals surface area (Å²) in [5.74, 6) is 1.02. The van der Waals surface area contributed by atoms with Crippen LogP contribution in [-0.4, -0.2) is 11.9 Å². The third-order valence-electron chi connectivity index (χ3n) is 2.64. The molecule has 1 rings (SSSR count). The Morgan fingerprint density at radius 3 is 2.62 bits per heavy atom. The quantitative estimate of drug-likeness (QED) is 0.718. The summed E-state index contributed by atoms with van der Waals surface area (Å²) in [5.41, 5.74) is 3.53.